The quantitative estimate of drug-likeness (QED) is 0.639. The van der Waals surface area contributed by atoms with Gasteiger partial charge in [0.25, 0.3) is 0 Å². The summed E-state index contributed by atoms with van der Waals surface area (Å²) >= 11 is 5.05. The van der Waals surface area contributed by atoms with Gasteiger partial charge in [-0.1, -0.05) is 0 Å². The molecule has 22 heavy (non-hydrogen) atoms. The molecule has 8 nitrogen and oxygen atoms in total. The summed E-state index contributed by atoms with van der Waals surface area (Å²) in [6.07, 6.45) is 2.75. The molecule has 0 aliphatic carbocycles. The van der Waals surface area contributed by atoms with Crippen molar-refractivity contribution in [2.75, 3.05) is 25.0 Å². The van der Waals surface area contributed by atoms with Gasteiger partial charge in [0.1, 0.15) is 0 Å². The summed E-state index contributed by atoms with van der Waals surface area (Å²) in [5.74, 6) is -1.33. The van der Waals surface area contributed by atoms with Gasteiger partial charge >= 0.3 is 5.97 Å². The average molecular weight is 325 g/mol. The van der Waals surface area contributed by atoms with Gasteiger partial charge in [-0.15, -0.1) is 0 Å². The summed E-state index contributed by atoms with van der Waals surface area (Å²) in [5, 5.41) is 6.67. The first-order valence-electron chi connectivity index (χ1n) is 5.95. The minimum atomic E-state index is -0.635. The van der Waals surface area contributed by atoms with Gasteiger partial charge < -0.3 is 14.8 Å². The van der Waals surface area contributed by atoms with Crippen LogP contribution >= 0.6 is 12.2 Å². The van der Waals surface area contributed by atoms with Gasteiger partial charge in [-0.3, -0.25) is 5.43 Å². The molecule has 0 atom stereocenters. The van der Waals surface area contributed by atoms with Crippen LogP contribution in [0.25, 0.3) is 0 Å². The lowest BCUT2D eigenvalue weighted by molar-refractivity contribution is 0.0589. The van der Waals surface area contributed by atoms with Crippen molar-refractivity contribution >= 4 is 29.0 Å². The molecule has 0 aromatic carbocycles. The van der Waals surface area contributed by atoms with Crippen LogP contribution in [0.3, 0.4) is 0 Å². The van der Waals surface area contributed by atoms with Crippen LogP contribution in [0.2, 0.25) is 0 Å². The van der Waals surface area contributed by atoms with Crippen LogP contribution in [0.5, 0.6) is 5.88 Å². The Bertz CT molecular complexity index is 706. The Morgan fingerprint density at radius 2 is 2.23 bits per heavy atom. The molecule has 0 saturated carbocycles. The van der Waals surface area contributed by atoms with E-state index in [9.17, 15) is 9.18 Å². The molecule has 116 valence electrons. The van der Waals surface area contributed by atoms with Crippen molar-refractivity contribution < 1.29 is 18.7 Å². The van der Waals surface area contributed by atoms with Crippen LogP contribution in [-0.4, -0.2) is 40.2 Å². The van der Waals surface area contributed by atoms with Crippen LogP contribution < -0.4 is 15.5 Å². The van der Waals surface area contributed by atoms with Crippen LogP contribution in [0.4, 0.5) is 10.1 Å². The maximum absolute atomic E-state index is 13.5. The summed E-state index contributed by atoms with van der Waals surface area (Å²) in [7, 11) is 2.57. The third-order valence-electron chi connectivity index (χ3n) is 2.50. The molecule has 2 heterocycles. The lowest BCUT2D eigenvalue weighted by Gasteiger charge is -2.12. The Labute approximate surface area is 130 Å². The zero-order valence-corrected chi connectivity index (χ0v) is 12.5. The predicted octanol–water partition coefficient (Wildman–Crippen LogP) is 1.15. The number of anilines is 1. The minimum Gasteiger partial charge on any atom is -0.479 e. The summed E-state index contributed by atoms with van der Waals surface area (Å²) in [6, 6.07) is 2.63. The number of nitrogens with zero attached hydrogens (tertiary/aromatic N) is 3. The largest absolute Gasteiger partial charge is 0.479 e. The number of hydrogen-bond acceptors (Lipinski definition) is 6. The summed E-state index contributed by atoms with van der Waals surface area (Å²) in [6.45, 7) is 0. The van der Waals surface area contributed by atoms with Crippen LogP contribution in [0.15, 0.2) is 24.5 Å². The molecule has 2 N–H and O–H groups in total. The van der Waals surface area contributed by atoms with E-state index < -0.39 is 11.8 Å². The minimum absolute atomic E-state index is 0.0835. The van der Waals surface area contributed by atoms with E-state index in [1.807, 2.05) is 0 Å². The van der Waals surface area contributed by atoms with Crippen molar-refractivity contribution in [2.45, 2.75) is 0 Å². The molecule has 0 saturated heterocycles. The Morgan fingerprint density at radius 1 is 1.45 bits per heavy atom. The van der Waals surface area contributed by atoms with E-state index in [1.165, 1.54) is 38.7 Å². The predicted molar refractivity (Wildman–Crippen MR) is 79.9 cm³/mol. The Balaban J connectivity index is 2.06. The van der Waals surface area contributed by atoms with Crippen LogP contribution in [0, 0.1) is 5.82 Å². The van der Waals surface area contributed by atoms with Gasteiger partial charge in [0.15, 0.2) is 16.6 Å². The van der Waals surface area contributed by atoms with Gasteiger partial charge in [-0.2, -0.15) is 9.89 Å². The topological polar surface area (TPSA) is 90.3 Å². The maximum atomic E-state index is 13.5. The number of halogens is 1. The van der Waals surface area contributed by atoms with Gasteiger partial charge in [-0.25, -0.2) is 14.2 Å². The maximum Gasteiger partial charge on any atom is 0.358 e. The third kappa shape index (κ3) is 3.47. The number of esters is 1. The number of rotatable bonds is 4. The standard InChI is InChI=1S/C12H12FN5O3S/c1-20-10-8(13)5-7(6-14-10)16-12(22)17-18-9(3-4-15-18)11(19)21-2/h3-6H,1-2H3,(H2,16,17,22). The molecule has 0 spiro atoms. The van der Waals surface area contributed by atoms with E-state index in [2.05, 4.69) is 25.6 Å². The second kappa shape index (κ2) is 6.80. The second-order valence-corrected chi connectivity index (χ2v) is 4.31. The van der Waals surface area contributed by atoms with Gasteiger partial charge in [0.2, 0.25) is 5.88 Å². The number of aromatic nitrogens is 3. The van der Waals surface area contributed by atoms with Crippen molar-refractivity contribution in [1.82, 2.24) is 14.9 Å². The monoisotopic (exact) mass is 325 g/mol. The molecule has 0 radical (unpaired) electrons. The Kier molecular flexibility index (Phi) is 4.84. The number of methoxy groups -OCH3 is 2. The second-order valence-electron chi connectivity index (χ2n) is 3.90. The molecule has 0 fully saturated rings. The molecule has 2 rings (SSSR count). The first-order valence-corrected chi connectivity index (χ1v) is 6.36. The Hall–Kier alpha value is -2.75. The van der Waals surface area contributed by atoms with Crippen molar-refractivity contribution in [2.24, 2.45) is 0 Å². The average Bonchev–Trinajstić information content (AvgIpc) is 2.94. The fraction of sp³-hybridized carbons (Fsp3) is 0.167. The van der Waals surface area contributed by atoms with Crippen molar-refractivity contribution in [3.05, 3.63) is 36.0 Å². The van der Waals surface area contributed by atoms with Gasteiger partial charge in [0.05, 0.1) is 32.3 Å². The van der Waals surface area contributed by atoms with Crippen molar-refractivity contribution in [3.8, 4) is 5.88 Å². The molecular weight excluding hydrogens is 313 g/mol. The highest BCUT2D eigenvalue weighted by molar-refractivity contribution is 7.80. The molecule has 2 aromatic rings. The number of ether oxygens (including phenoxy) is 2. The normalized spacial score (nSPS) is 9.95. The van der Waals surface area contributed by atoms with E-state index >= 15 is 0 Å². The van der Waals surface area contributed by atoms with E-state index in [1.54, 1.807) is 0 Å². The highest BCUT2D eigenvalue weighted by atomic mass is 32.1. The fourth-order valence-corrected chi connectivity index (χ4v) is 1.76. The number of hydrogen-bond donors (Lipinski definition) is 2. The zero-order chi connectivity index (χ0) is 16.1. The number of carbonyl (C=O) groups is 1. The lowest BCUT2D eigenvalue weighted by Crippen LogP contribution is -2.31. The van der Waals surface area contributed by atoms with Crippen molar-refractivity contribution in [1.29, 1.82) is 0 Å². The van der Waals surface area contributed by atoms with Gasteiger partial charge in [0, 0.05) is 6.07 Å². The van der Waals surface area contributed by atoms with E-state index in [0.717, 1.165) is 4.79 Å². The van der Waals surface area contributed by atoms with E-state index in [4.69, 9.17) is 17.0 Å². The molecule has 0 aliphatic rings. The summed E-state index contributed by atoms with van der Waals surface area (Å²) in [4.78, 5) is 16.4. The smallest absolute Gasteiger partial charge is 0.358 e. The molecule has 0 bridgehead atoms. The lowest BCUT2D eigenvalue weighted by atomic mass is 10.4. The SMILES string of the molecule is COC(=O)c1ccnn1NC(=S)Nc1cnc(OC)c(F)c1. The number of nitrogens with one attached hydrogen (secondary N) is 2. The van der Waals surface area contributed by atoms with Gasteiger partial charge in [-0.05, 0) is 18.3 Å². The Morgan fingerprint density at radius 3 is 2.86 bits per heavy atom. The molecular formula is C12H12FN5O3S. The number of pyridine rings is 1. The van der Waals surface area contributed by atoms with Crippen molar-refractivity contribution in [3.63, 3.8) is 0 Å². The highest BCUT2D eigenvalue weighted by Gasteiger charge is 2.13. The number of thiocarbonyl (C=S) groups is 1. The highest BCUT2D eigenvalue weighted by Crippen LogP contribution is 2.16. The molecule has 0 aliphatic heterocycles. The van der Waals surface area contributed by atoms with Crippen LogP contribution in [0.1, 0.15) is 10.5 Å². The van der Waals surface area contributed by atoms with E-state index in [-0.39, 0.29) is 16.7 Å². The molecule has 10 heteroatoms. The number of carbonyl (C=O) groups excluding carboxylic acids is 1. The van der Waals surface area contributed by atoms with Crippen LogP contribution in [-0.2, 0) is 4.74 Å². The van der Waals surface area contributed by atoms with E-state index in [0.29, 0.717) is 5.69 Å². The first-order chi connectivity index (χ1) is 10.5. The third-order valence-corrected chi connectivity index (χ3v) is 2.70. The zero-order valence-electron chi connectivity index (χ0n) is 11.7. The first kappa shape index (κ1) is 15.6. The summed E-state index contributed by atoms with van der Waals surface area (Å²) < 4.78 is 22.8. The fourth-order valence-electron chi connectivity index (χ4n) is 1.55. The molecule has 0 unspecified atom stereocenters. The molecule has 0 amide bonds. The summed E-state index contributed by atoms with van der Waals surface area (Å²) in [5.41, 5.74) is 3.11. The molecule has 2 aromatic heterocycles.